The van der Waals surface area contributed by atoms with Crippen LogP contribution in [0, 0.1) is 11.8 Å². The lowest BCUT2D eigenvalue weighted by atomic mass is 9.94. The Morgan fingerprint density at radius 2 is 1.80 bits per heavy atom. The van der Waals surface area contributed by atoms with Gasteiger partial charge in [0.1, 0.15) is 0 Å². The zero-order valence-corrected chi connectivity index (χ0v) is 10.9. The van der Waals surface area contributed by atoms with Gasteiger partial charge >= 0.3 is 0 Å². The van der Waals surface area contributed by atoms with Crippen LogP contribution in [0.1, 0.15) is 40.5 Å². The summed E-state index contributed by atoms with van der Waals surface area (Å²) in [6.45, 7) is 8.02. The van der Waals surface area contributed by atoms with E-state index in [4.69, 9.17) is 18.0 Å². The van der Waals surface area contributed by atoms with Crippen LogP contribution in [0.4, 0.5) is 0 Å². The highest BCUT2D eigenvalue weighted by Gasteiger charge is 2.25. The molecule has 88 valence electrons. The molecule has 1 atom stereocenters. The molecule has 0 fully saturated rings. The standard InChI is InChI=1S/C11H22N2OS/c1-5-8(6-2)13-11(14)9(7(3)4)10(12)15/h7-9H,5-6H2,1-4H3,(H2,12,15)(H,13,14). The number of carbonyl (C=O) groups excluding carboxylic acids is 1. The van der Waals surface area contributed by atoms with Gasteiger partial charge in [0.2, 0.25) is 5.91 Å². The minimum atomic E-state index is -0.347. The molecule has 0 saturated heterocycles. The first-order valence-electron chi connectivity index (χ1n) is 5.53. The van der Waals surface area contributed by atoms with Crippen LogP contribution < -0.4 is 11.1 Å². The maximum Gasteiger partial charge on any atom is 0.230 e. The van der Waals surface area contributed by atoms with E-state index in [1.165, 1.54) is 0 Å². The lowest BCUT2D eigenvalue weighted by molar-refractivity contribution is -0.124. The number of rotatable bonds is 6. The van der Waals surface area contributed by atoms with Crippen LogP contribution >= 0.6 is 12.2 Å². The number of nitrogens with two attached hydrogens (primary N) is 1. The summed E-state index contributed by atoms with van der Waals surface area (Å²) in [6.07, 6.45) is 1.87. The van der Waals surface area contributed by atoms with E-state index in [-0.39, 0.29) is 28.8 Å². The van der Waals surface area contributed by atoms with Gasteiger partial charge in [-0.25, -0.2) is 0 Å². The lowest BCUT2D eigenvalue weighted by Gasteiger charge is -2.22. The van der Waals surface area contributed by atoms with Crippen LogP contribution in [0.25, 0.3) is 0 Å². The second-order valence-electron chi connectivity index (χ2n) is 4.15. The highest BCUT2D eigenvalue weighted by atomic mass is 32.1. The van der Waals surface area contributed by atoms with Crippen LogP contribution in [0.15, 0.2) is 0 Å². The molecule has 0 spiro atoms. The molecule has 0 radical (unpaired) electrons. The molecule has 0 aromatic carbocycles. The average molecular weight is 230 g/mol. The summed E-state index contributed by atoms with van der Waals surface area (Å²) in [5, 5.41) is 2.97. The molecule has 0 aromatic rings. The predicted molar refractivity (Wildman–Crippen MR) is 67.6 cm³/mol. The predicted octanol–water partition coefficient (Wildman–Crippen LogP) is 1.85. The van der Waals surface area contributed by atoms with E-state index in [1.54, 1.807) is 0 Å². The molecule has 0 aliphatic heterocycles. The molecular weight excluding hydrogens is 208 g/mol. The van der Waals surface area contributed by atoms with Crippen molar-refractivity contribution in [1.29, 1.82) is 0 Å². The molecule has 0 aromatic heterocycles. The molecular formula is C11H22N2OS. The number of hydrogen-bond donors (Lipinski definition) is 2. The van der Waals surface area contributed by atoms with Gasteiger partial charge in [0.25, 0.3) is 0 Å². The minimum Gasteiger partial charge on any atom is -0.393 e. The molecule has 0 aliphatic rings. The van der Waals surface area contributed by atoms with Crippen molar-refractivity contribution in [2.75, 3.05) is 0 Å². The Hall–Kier alpha value is -0.640. The monoisotopic (exact) mass is 230 g/mol. The Balaban J connectivity index is 4.45. The maximum atomic E-state index is 11.9. The summed E-state index contributed by atoms with van der Waals surface area (Å²) in [7, 11) is 0. The zero-order chi connectivity index (χ0) is 12.0. The molecule has 0 aliphatic carbocycles. The summed E-state index contributed by atoms with van der Waals surface area (Å²) in [6, 6.07) is 0.230. The summed E-state index contributed by atoms with van der Waals surface area (Å²) in [4.78, 5) is 12.2. The number of amides is 1. The van der Waals surface area contributed by atoms with Crippen LogP contribution in [-0.2, 0) is 4.79 Å². The van der Waals surface area contributed by atoms with E-state index < -0.39 is 0 Å². The summed E-state index contributed by atoms with van der Waals surface area (Å²) < 4.78 is 0. The molecule has 3 N–H and O–H groups in total. The number of hydrogen-bond acceptors (Lipinski definition) is 2. The second-order valence-corrected chi connectivity index (χ2v) is 4.62. The zero-order valence-electron chi connectivity index (χ0n) is 10.0. The van der Waals surface area contributed by atoms with E-state index >= 15 is 0 Å². The highest BCUT2D eigenvalue weighted by Crippen LogP contribution is 2.12. The lowest BCUT2D eigenvalue weighted by Crippen LogP contribution is -2.44. The number of carbonyl (C=O) groups is 1. The van der Waals surface area contributed by atoms with E-state index in [2.05, 4.69) is 19.2 Å². The largest absolute Gasteiger partial charge is 0.393 e. The van der Waals surface area contributed by atoms with Crippen LogP contribution in [0.2, 0.25) is 0 Å². The first-order valence-corrected chi connectivity index (χ1v) is 5.94. The van der Waals surface area contributed by atoms with Crippen molar-refractivity contribution in [1.82, 2.24) is 5.32 Å². The Kier molecular flexibility index (Phi) is 6.48. The minimum absolute atomic E-state index is 0.0359. The molecule has 0 bridgehead atoms. The fourth-order valence-corrected chi connectivity index (χ4v) is 1.92. The third-order valence-corrected chi connectivity index (χ3v) is 2.84. The van der Waals surface area contributed by atoms with Gasteiger partial charge in [-0.2, -0.15) is 0 Å². The second kappa shape index (κ2) is 6.77. The van der Waals surface area contributed by atoms with Crippen molar-refractivity contribution >= 4 is 23.1 Å². The fourth-order valence-electron chi connectivity index (χ4n) is 1.54. The van der Waals surface area contributed by atoms with Gasteiger partial charge in [-0.15, -0.1) is 0 Å². The van der Waals surface area contributed by atoms with E-state index in [1.807, 2.05) is 13.8 Å². The molecule has 0 rings (SSSR count). The molecule has 4 heteroatoms. The van der Waals surface area contributed by atoms with Crippen molar-refractivity contribution in [2.24, 2.45) is 17.6 Å². The van der Waals surface area contributed by atoms with E-state index in [0.29, 0.717) is 0 Å². The smallest absolute Gasteiger partial charge is 0.230 e. The summed E-state index contributed by atoms with van der Waals surface area (Å²) in [5.41, 5.74) is 5.57. The first-order chi connectivity index (χ1) is 6.93. The average Bonchev–Trinajstić information content (AvgIpc) is 2.12. The summed E-state index contributed by atoms with van der Waals surface area (Å²) >= 11 is 4.91. The van der Waals surface area contributed by atoms with Gasteiger partial charge in [0.15, 0.2) is 0 Å². The third kappa shape index (κ3) is 4.60. The Morgan fingerprint density at radius 3 is 2.07 bits per heavy atom. The normalized spacial score (nSPS) is 12.9. The van der Waals surface area contributed by atoms with Crippen molar-refractivity contribution < 1.29 is 4.79 Å². The highest BCUT2D eigenvalue weighted by molar-refractivity contribution is 7.80. The Morgan fingerprint density at radius 1 is 1.33 bits per heavy atom. The molecule has 0 heterocycles. The van der Waals surface area contributed by atoms with Crippen molar-refractivity contribution in [3.8, 4) is 0 Å². The van der Waals surface area contributed by atoms with Gasteiger partial charge in [0.05, 0.1) is 10.9 Å². The van der Waals surface area contributed by atoms with E-state index in [9.17, 15) is 4.79 Å². The van der Waals surface area contributed by atoms with Gasteiger partial charge < -0.3 is 11.1 Å². The molecule has 15 heavy (non-hydrogen) atoms. The van der Waals surface area contributed by atoms with Gasteiger partial charge in [-0.3, -0.25) is 4.79 Å². The quantitative estimate of drug-likeness (QED) is 0.685. The molecule has 0 saturated carbocycles. The number of nitrogens with one attached hydrogen (secondary N) is 1. The van der Waals surface area contributed by atoms with Crippen molar-refractivity contribution in [2.45, 2.75) is 46.6 Å². The molecule has 3 nitrogen and oxygen atoms in total. The Bertz CT molecular complexity index is 225. The van der Waals surface area contributed by atoms with Crippen LogP contribution in [0.3, 0.4) is 0 Å². The van der Waals surface area contributed by atoms with Crippen LogP contribution in [-0.4, -0.2) is 16.9 Å². The molecule has 1 amide bonds. The maximum absolute atomic E-state index is 11.9. The van der Waals surface area contributed by atoms with Gasteiger partial charge in [0, 0.05) is 6.04 Å². The van der Waals surface area contributed by atoms with E-state index in [0.717, 1.165) is 12.8 Å². The third-order valence-electron chi connectivity index (χ3n) is 2.59. The van der Waals surface area contributed by atoms with Crippen LogP contribution in [0.5, 0.6) is 0 Å². The fraction of sp³-hybridized carbons (Fsp3) is 0.818. The van der Waals surface area contributed by atoms with Crippen molar-refractivity contribution in [3.63, 3.8) is 0 Å². The SMILES string of the molecule is CCC(CC)NC(=O)C(C(N)=S)C(C)C. The number of thiocarbonyl (C=S) groups is 1. The first kappa shape index (κ1) is 14.4. The summed E-state index contributed by atoms with van der Waals surface area (Å²) in [5.74, 6) is -0.233. The Labute approximate surface area is 97.8 Å². The van der Waals surface area contributed by atoms with Crippen molar-refractivity contribution in [3.05, 3.63) is 0 Å². The molecule has 1 unspecified atom stereocenters. The van der Waals surface area contributed by atoms with Gasteiger partial charge in [-0.05, 0) is 18.8 Å². The van der Waals surface area contributed by atoms with Gasteiger partial charge in [-0.1, -0.05) is 39.9 Å². The topological polar surface area (TPSA) is 55.1 Å².